The molecule has 0 saturated heterocycles. The first-order valence-electron chi connectivity index (χ1n) is 7.68. The van der Waals surface area contributed by atoms with Gasteiger partial charge in [0.25, 0.3) is 11.8 Å². The molecule has 6 nitrogen and oxygen atoms in total. The molecule has 0 saturated carbocycles. The average molecular weight is 332 g/mol. The fourth-order valence-electron chi connectivity index (χ4n) is 2.22. The van der Waals surface area contributed by atoms with Gasteiger partial charge in [-0.3, -0.25) is 19.6 Å². The number of nitrogens with one attached hydrogen (secondary N) is 2. The van der Waals surface area contributed by atoms with Gasteiger partial charge in [0.15, 0.2) is 0 Å². The molecule has 124 valence electrons. The molecule has 2 amide bonds. The van der Waals surface area contributed by atoms with Gasteiger partial charge in [-0.05, 0) is 43.3 Å². The van der Waals surface area contributed by atoms with E-state index in [2.05, 4.69) is 20.6 Å². The van der Waals surface area contributed by atoms with Gasteiger partial charge in [-0.25, -0.2) is 0 Å². The van der Waals surface area contributed by atoms with Gasteiger partial charge in [0, 0.05) is 18.1 Å². The van der Waals surface area contributed by atoms with E-state index >= 15 is 0 Å². The van der Waals surface area contributed by atoms with Crippen LogP contribution in [0.3, 0.4) is 0 Å². The zero-order valence-corrected chi connectivity index (χ0v) is 13.6. The topological polar surface area (TPSA) is 84.0 Å². The fourth-order valence-corrected chi connectivity index (χ4v) is 2.22. The molecular weight excluding hydrogens is 316 g/mol. The molecule has 3 rings (SSSR count). The molecular formula is C19H16N4O2. The lowest BCUT2D eigenvalue weighted by Crippen LogP contribution is -2.18. The van der Waals surface area contributed by atoms with Crippen LogP contribution in [0.2, 0.25) is 0 Å². The van der Waals surface area contributed by atoms with E-state index in [1.54, 1.807) is 60.9 Å². The molecule has 25 heavy (non-hydrogen) atoms. The van der Waals surface area contributed by atoms with Crippen molar-refractivity contribution >= 4 is 23.2 Å². The Morgan fingerprint density at radius 3 is 2.44 bits per heavy atom. The first kappa shape index (κ1) is 16.3. The highest BCUT2D eigenvalue weighted by molar-refractivity contribution is 6.12. The largest absolute Gasteiger partial charge is 0.321 e. The summed E-state index contributed by atoms with van der Waals surface area (Å²) in [5.74, 6) is -0.653. The van der Waals surface area contributed by atoms with Crippen LogP contribution >= 0.6 is 0 Å². The van der Waals surface area contributed by atoms with Gasteiger partial charge in [-0.1, -0.05) is 12.1 Å². The molecule has 0 aliphatic heterocycles. The summed E-state index contributed by atoms with van der Waals surface area (Å²) in [6.07, 6.45) is 4.68. The number of carbonyl (C=O) groups is 2. The van der Waals surface area contributed by atoms with Gasteiger partial charge in [0.1, 0.15) is 0 Å². The number of anilines is 2. The number of rotatable bonds is 4. The molecule has 0 atom stereocenters. The summed E-state index contributed by atoms with van der Waals surface area (Å²) in [7, 11) is 0. The van der Waals surface area contributed by atoms with Gasteiger partial charge in [0.05, 0.1) is 28.7 Å². The minimum absolute atomic E-state index is 0.325. The maximum absolute atomic E-state index is 12.5. The zero-order valence-electron chi connectivity index (χ0n) is 13.6. The molecule has 0 fully saturated rings. The molecule has 0 aliphatic carbocycles. The molecule has 6 heteroatoms. The third-order valence-electron chi connectivity index (χ3n) is 3.51. The van der Waals surface area contributed by atoms with Crippen LogP contribution < -0.4 is 10.6 Å². The molecule has 0 radical (unpaired) electrons. The van der Waals surface area contributed by atoms with Crippen molar-refractivity contribution in [2.24, 2.45) is 0 Å². The third-order valence-corrected chi connectivity index (χ3v) is 3.51. The second kappa shape index (κ2) is 7.35. The third kappa shape index (κ3) is 4.06. The number of para-hydroxylation sites is 1. The van der Waals surface area contributed by atoms with Crippen LogP contribution in [0.4, 0.5) is 11.4 Å². The highest BCUT2D eigenvalue weighted by Gasteiger charge is 2.14. The van der Waals surface area contributed by atoms with Gasteiger partial charge in [-0.2, -0.15) is 0 Å². The van der Waals surface area contributed by atoms with E-state index in [1.165, 1.54) is 6.20 Å². The number of amides is 2. The minimum atomic E-state index is -0.328. The number of benzene rings is 1. The van der Waals surface area contributed by atoms with E-state index in [4.69, 9.17) is 0 Å². The van der Waals surface area contributed by atoms with Crippen molar-refractivity contribution in [3.63, 3.8) is 0 Å². The second-order valence-electron chi connectivity index (χ2n) is 5.38. The molecule has 1 aromatic carbocycles. The normalized spacial score (nSPS) is 10.1. The lowest BCUT2D eigenvalue weighted by atomic mass is 10.1. The number of pyridine rings is 2. The Hall–Kier alpha value is -3.54. The van der Waals surface area contributed by atoms with Crippen LogP contribution in [0, 0.1) is 6.92 Å². The lowest BCUT2D eigenvalue weighted by molar-refractivity contribution is 0.102. The minimum Gasteiger partial charge on any atom is -0.321 e. The number of nitrogens with zero attached hydrogens (tertiary/aromatic N) is 2. The Kier molecular flexibility index (Phi) is 4.80. The van der Waals surface area contributed by atoms with Crippen LogP contribution in [0.15, 0.2) is 67.1 Å². The van der Waals surface area contributed by atoms with E-state index in [0.29, 0.717) is 22.5 Å². The number of hydrogen-bond donors (Lipinski definition) is 2. The summed E-state index contributed by atoms with van der Waals surface area (Å²) in [6.45, 7) is 1.85. The van der Waals surface area contributed by atoms with E-state index in [9.17, 15) is 9.59 Å². The zero-order chi connectivity index (χ0) is 17.6. The number of carbonyl (C=O) groups excluding carboxylic acids is 2. The van der Waals surface area contributed by atoms with Crippen molar-refractivity contribution in [1.82, 2.24) is 9.97 Å². The molecule has 2 heterocycles. The van der Waals surface area contributed by atoms with Crippen molar-refractivity contribution in [2.45, 2.75) is 6.92 Å². The Bertz CT molecular complexity index is 893. The van der Waals surface area contributed by atoms with Crippen LogP contribution in [-0.2, 0) is 0 Å². The summed E-state index contributed by atoms with van der Waals surface area (Å²) >= 11 is 0. The quantitative estimate of drug-likeness (QED) is 0.768. The van der Waals surface area contributed by atoms with E-state index in [1.807, 2.05) is 6.92 Å². The van der Waals surface area contributed by atoms with Gasteiger partial charge in [-0.15, -0.1) is 0 Å². The maximum atomic E-state index is 12.5. The summed E-state index contributed by atoms with van der Waals surface area (Å²) in [5, 5.41) is 5.51. The average Bonchev–Trinajstić information content (AvgIpc) is 2.63. The van der Waals surface area contributed by atoms with Crippen molar-refractivity contribution in [3.8, 4) is 0 Å². The Morgan fingerprint density at radius 1 is 0.880 bits per heavy atom. The highest BCUT2D eigenvalue weighted by Crippen LogP contribution is 2.18. The van der Waals surface area contributed by atoms with Gasteiger partial charge in [0.2, 0.25) is 0 Å². The monoisotopic (exact) mass is 332 g/mol. The van der Waals surface area contributed by atoms with E-state index in [0.717, 1.165) is 5.69 Å². The predicted molar refractivity (Wildman–Crippen MR) is 95.6 cm³/mol. The number of hydrogen-bond acceptors (Lipinski definition) is 4. The van der Waals surface area contributed by atoms with Crippen molar-refractivity contribution in [2.75, 3.05) is 10.6 Å². The van der Waals surface area contributed by atoms with Crippen LogP contribution in [0.5, 0.6) is 0 Å². The Balaban J connectivity index is 1.79. The summed E-state index contributed by atoms with van der Waals surface area (Å²) in [4.78, 5) is 32.9. The number of aryl methyl sites for hydroxylation is 1. The van der Waals surface area contributed by atoms with Crippen molar-refractivity contribution < 1.29 is 9.59 Å². The number of aromatic nitrogens is 2. The van der Waals surface area contributed by atoms with Gasteiger partial charge >= 0.3 is 0 Å². The Morgan fingerprint density at radius 2 is 1.72 bits per heavy atom. The van der Waals surface area contributed by atoms with Crippen molar-refractivity contribution in [3.05, 3.63) is 83.9 Å². The van der Waals surface area contributed by atoms with Crippen molar-refractivity contribution in [1.29, 1.82) is 0 Å². The summed E-state index contributed by atoms with van der Waals surface area (Å²) in [5.41, 5.74) is 2.62. The first-order chi connectivity index (χ1) is 12.1. The molecule has 2 N–H and O–H groups in total. The van der Waals surface area contributed by atoms with Crippen LogP contribution in [0.1, 0.15) is 26.4 Å². The summed E-state index contributed by atoms with van der Waals surface area (Å²) in [6, 6.07) is 13.7. The molecule has 2 aromatic heterocycles. The molecule has 3 aromatic rings. The lowest BCUT2D eigenvalue weighted by Gasteiger charge is -2.11. The fraction of sp³-hybridized carbons (Fsp3) is 0.0526. The summed E-state index contributed by atoms with van der Waals surface area (Å²) < 4.78 is 0. The van der Waals surface area contributed by atoms with Crippen LogP contribution in [0.25, 0.3) is 0 Å². The van der Waals surface area contributed by atoms with E-state index < -0.39 is 0 Å². The molecule has 0 unspecified atom stereocenters. The van der Waals surface area contributed by atoms with E-state index in [-0.39, 0.29) is 11.8 Å². The second-order valence-corrected chi connectivity index (χ2v) is 5.38. The molecule has 0 aliphatic rings. The molecule has 0 spiro atoms. The SMILES string of the molecule is Cc1ccc(C(=O)Nc2ccccc2C(=O)Nc2cccnc2)cn1. The highest BCUT2D eigenvalue weighted by atomic mass is 16.2. The smallest absolute Gasteiger partial charge is 0.257 e. The first-order valence-corrected chi connectivity index (χ1v) is 7.68. The standard InChI is InChI=1S/C19H16N4O2/c1-13-8-9-14(11-21-13)18(24)23-17-7-3-2-6-16(17)19(25)22-15-5-4-10-20-12-15/h2-12H,1H3,(H,22,25)(H,23,24). The van der Waals surface area contributed by atoms with Gasteiger partial charge < -0.3 is 10.6 Å². The molecule has 0 bridgehead atoms. The Labute approximate surface area is 145 Å². The maximum Gasteiger partial charge on any atom is 0.257 e. The predicted octanol–water partition coefficient (Wildman–Crippen LogP) is 3.29. The van der Waals surface area contributed by atoms with Crippen LogP contribution in [-0.4, -0.2) is 21.8 Å².